The minimum Gasteiger partial charge on any atom is -0.394 e. The van der Waals surface area contributed by atoms with Gasteiger partial charge in [0.05, 0.1) is 12.7 Å². The summed E-state index contributed by atoms with van der Waals surface area (Å²) in [7, 11) is 0. The van der Waals surface area contributed by atoms with Crippen LogP contribution in [0.3, 0.4) is 0 Å². The smallest absolute Gasteiger partial charge is 0.186 e. The van der Waals surface area contributed by atoms with E-state index in [9.17, 15) is 15.3 Å². The average Bonchev–Trinajstić information content (AvgIpc) is 2.83. The third-order valence-electron chi connectivity index (χ3n) is 3.48. The van der Waals surface area contributed by atoms with Gasteiger partial charge in [-0.25, -0.2) is 0 Å². The standard InChI is InChI=1S/C11H20O6/c12-5-7-8(13)9(14)10(15)11(17-7)16-6-3-1-2-4-6/h6-15H,1-5H2/t7-,8-,9+,10-,11+/m1/s1. The van der Waals surface area contributed by atoms with Crippen molar-refractivity contribution in [1.29, 1.82) is 0 Å². The molecular weight excluding hydrogens is 228 g/mol. The van der Waals surface area contributed by atoms with Crippen LogP contribution in [0.15, 0.2) is 0 Å². The molecule has 0 aromatic heterocycles. The Labute approximate surface area is 99.8 Å². The predicted molar refractivity (Wildman–Crippen MR) is 57.1 cm³/mol. The van der Waals surface area contributed by atoms with Crippen LogP contribution in [-0.2, 0) is 9.47 Å². The van der Waals surface area contributed by atoms with E-state index in [0.29, 0.717) is 0 Å². The Morgan fingerprint density at radius 1 is 1.00 bits per heavy atom. The van der Waals surface area contributed by atoms with E-state index in [4.69, 9.17) is 14.6 Å². The number of ether oxygens (including phenoxy) is 2. The van der Waals surface area contributed by atoms with Crippen molar-refractivity contribution in [3.8, 4) is 0 Å². The summed E-state index contributed by atoms with van der Waals surface area (Å²) in [5, 5.41) is 37.9. The molecule has 0 unspecified atom stereocenters. The summed E-state index contributed by atoms with van der Waals surface area (Å²) < 4.78 is 10.8. The summed E-state index contributed by atoms with van der Waals surface area (Å²) in [5.41, 5.74) is 0. The molecule has 1 heterocycles. The molecule has 0 radical (unpaired) electrons. The van der Waals surface area contributed by atoms with Crippen molar-refractivity contribution in [2.24, 2.45) is 0 Å². The highest BCUT2D eigenvalue weighted by Crippen LogP contribution is 2.27. The van der Waals surface area contributed by atoms with E-state index in [1.165, 1.54) is 0 Å². The van der Waals surface area contributed by atoms with Gasteiger partial charge in [-0.3, -0.25) is 0 Å². The summed E-state index contributed by atoms with van der Waals surface area (Å²) in [6, 6.07) is 0. The Bertz CT molecular complexity index is 238. The maximum Gasteiger partial charge on any atom is 0.186 e. The van der Waals surface area contributed by atoms with Gasteiger partial charge >= 0.3 is 0 Å². The van der Waals surface area contributed by atoms with Gasteiger partial charge in [0.1, 0.15) is 24.4 Å². The second-order valence-corrected chi connectivity index (χ2v) is 4.74. The molecular formula is C11H20O6. The highest BCUT2D eigenvalue weighted by molar-refractivity contribution is 4.89. The highest BCUT2D eigenvalue weighted by atomic mass is 16.7. The summed E-state index contributed by atoms with van der Waals surface area (Å²) >= 11 is 0. The second kappa shape index (κ2) is 5.60. The minimum atomic E-state index is -1.35. The number of aliphatic hydroxyl groups is 4. The Morgan fingerprint density at radius 2 is 1.65 bits per heavy atom. The van der Waals surface area contributed by atoms with Gasteiger partial charge in [0.15, 0.2) is 6.29 Å². The van der Waals surface area contributed by atoms with Gasteiger partial charge in [-0.05, 0) is 12.8 Å². The lowest BCUT2D eigenvalue weighted by Gasteiger charge is -2.40. The van der Waals surface area contributed by atoms with Crippen LogP contribution in [0.25, 0.3) is 0 Å². The third kappa shape index (κ3) is 2.78. The molecule has 0 aromatic carbocycles. The molecule has 100 valence electrons. The van der Waals surface area contributed by atoms with Crippen LogP contribution in [0.5, 0.6) is 0 Å². The van der Waals surface area contributed by atoms with E-state index in [0.717, 1.165) is 25.7 Å². The van der Waals surface area contributed by atoms with Crippen molar-refractivity contribution < 1.29 is 29.9 Å². The van der Waals surface area contributed by atoms with E-state index in [2.05, 4.69) is 0 Å². The largest absolute Gasteiger partial charge is 0.394 e. The molecule has 2 rings (SSSR count). The van der Waals surface area contributed by atoms with Gasteiger partial charge in [-0.2, -0.15) is 0 Å². The van der Waals surface area contributed by atoms with Crippen LogP contribution in [-0.4, -0.2) is 63.8 Å². The molecule has 2 fully saturated rings. The van der Waals surface area contributed by atoms with Gasteiger partial charge in [0.25, 0.3) is 0 Å². The van der Waals surface area contributed by atoms with Gasteiger partial charge in [0, 0.05) is 0 Å². The lowest BCUT2D eigenvalue weighted by Crippen LogP contribution is -2.59. The van der Waals surface area contributed by atoms with Gasteiger partial charge < -0.3 is 29.9 Å². The third-order valence-corrected chi connectivity index (χ3v) is 3.48. The fourth-order valence-corrected chi connectivity index (χ4v) is 2.39. The maximum atomic E-state index is 9.74. The molecule has 1 aliphatic heterocycles. The molecule has 0 amide bonds. The summed E-state index contributed by atoms with van der Waals surface area (Å²) in [5.74, 6) is 0. The molecule has 2 aliphatic rings. The zero-order valence-electron chi connectivity index (χ0n) is 9.60. The Morgan fingerprint density at radius 3 is 2.24 bits per heavy atom. The molecule has 1 saturated carbocycles. The first-order chi connectivity index (χ1) is 8.13. The molecule has 0 bridgehead atoms. The molecule has 6 heteroatoms. The van der Waals surface area contributed by atoms with E-state index < -0.39 is 37.3 Å². The van der Waals surface area contributed by atoms with Crippen LogP contribution in [0.1, 0.15) is 25.7 Å². The van der Waals surface area contributed by atoms with Gasteiger partial charge in [0.2, 0.25) is 0 Å². The number of aliphatic hydroxyl groups excluding tert-OH is 4. The molecule has 1 aliphatic carbocycles. The highest BCUT2D eigenvalue weighted by Gasteiger charge is 2.44. The van der Waals surface area contributed by atoms with Crippen LogP contribution in [0.2, 0.25) is 0 Å². The van der Waals surface area contributed by atoms with Crippen LogP contribution < -0.4 is 0 Å². The lowest BCUT2D eigenvalue weighted by molar-refractivity contribution is -0.310. The Kier molecular flexibility index (Phi) is 4.35. The van der Waals surface area contributed by atoms with E-state index in [-0.39, 0.29) is 6.10 Å². The first kappa shape index (κ1) is 13.2. The topological polar surface area (TPSA) is 99.4 Å². The summed E-state index contributed by atoms with van der Waals surface area (Å²) in [6.45, 7) is -0.421. The maximum absolute atomic E-state index is 9.74. The van der Waals surface area contributed by atoms with Crippen molar-refractivity contribution >= 4 is 0 Å². The van der Waals surface area contributed by atoms with Gasteiger partial charge in [-0.1, -0.05) is 12.8 Å². The van der Waals surface area contributed by atoms with E-state index >= 15 is 0 Å². The van der Waals surface area contributed by atoms with Crippen LogP contribution >= 0.6 is 0 Å². The first-order valence-corrected chi connectivity index (χ1v) is 6.09. The molecule has 1 saturated heterocycles. The lowest BCUT2D eigenvalue weighted by atomic mass is 9.99. The zero-order chi connectivity index (χ0) is 12.4. The molecule has 4 N–H and O–H groups in total. The normalized spacial score (nSPS) is 44.1. The second-order valence-electron chi connectivity index (χ2n) is 4.74. The molecule has 0 spiro atoms. The molecule has 17 heavy (non-hydrogen) atoms. The fraction of sp³-hybridized carbons (Fsp3) is 1.00. The van der Waals surface area contributed by atoms with Gasteiger partial charge in [-0.15, -0.1) is 0 Å². The number of hydrogen-bond donors (Lipinski definition) is 4. The molecule has 0 aromatic rings. The van der Waals surface area contributed by atoms with Crippen LogP contribution in [0.4, 0.5) is 0 Å². The van der Waals surface area contributed by atoms with Crippen molar-refractivity contribution in [3.05, 3.63) is 0 Å². The monoisotopic (exact) mass is 248 g/mol. The van der Waals surface area contributed by atoms with Crippen molar-refractivity contribution in [2.45, 2.75) is 62.5 Å². The summed E-state index contributed by atoms with van der Waals surface area (Å²) in [6.07, 6.45) is -1.81. The van der Waals surface area contributed by atoms with Crippen LogP contribution in [0, 0.1) is 0 Å². The molecule has 6 nitrogen and oxygen atoms in total. The van der Waals surface area contributed by atoms with Crippen molar-refractivity contribution in [2.75, 3.05) is 6.61 Å². The fourth-order valence-electron chi connectivity index (χ4n) is 2.39. The number of hydrogen-bond acceptors (Lipinski definition) is 6. The number of rotatable bonds is 3. The first-order valence-electron chi connectivity index (χ1n) is 6.09. The SMILES string of the molecule is OC[C@H]1O[C@H](OC2CCCC2)[C@H](O)[C@@H](O)[C@@H]1O. The van der Waals surface area contributed by atoms with Crippen molar-refractivity contribution in [3.63, 3.8) is 0 Å². The quantitative estimate of drug-likeness (QED) is 0.498. The Hall–Kier alpha value is -0.240. The van der Waals surface area contributed by atoms with Crippen molar-refractivity contribution in [1.82, 2.24) is 0 Å². The minimum absolute atomic E-state index is 0.0245. The van der Waals surface area contributed by atoms with E-state index in [1.807, 2.05) is 0 Å². The predicted octanol–water partition coefficient (Wildman–Crippen LogP) is -1.25. The molecule has 5 atom stereocenters. The zero-order valence-corrected chi connectivity index (χ0v) is 9.60. The van der Waals surface area contributed by atoms with E-state index in [1.54, 1.807) is 0 Å². The Balaban J connectivity index is 1.95. The summed E-state index contributed by atoms with van der Waals surface area (Å²) in [4.78, 5) is 0. The average molecular weight is 248 g/mol.